The summed E-state index contributed by atoms with van der Waals surface area (Å²) in [6.07, 6.45) is 0. The Labute approximate surface area is 135 Å². The first-order valence-electron chi connectivity index (χ1n) is 6.20. The van der Waals surface area contributed by atoms with Gasteiger partial charge >= 0.3 is 0 Å². The molecule has 2 rings (SSSR count). The summed E-state index contributed by atoms with van der Waals surface area (Å²) in [5.74, 6) is -0.627. The van der Waals surface area contributed by atoms with Gasteiger partial charge in [-0.3, -0.25) is 4.72 Å². The van der Waals surface area contributed by atoms with E-state index >= 15 is 0 Å². The van der Waals surface area contributed by atoms with Crippen LogP contribution in [0.5, 0.6) is 0 Å². The molecule has 0 radical (unpaired) electrons. The summed E-state index contributed by atoms with van der Waals surface area (Å²) in [7, 11) is -3.79. The monoisotopic (exact) mass is 392 g/mol. The molecule has 0 saturated carbocycles. The third-order valence-electron chi connectivity index (χ3n) is 2.65. The van der Waals surface area contributed by atoms with Crippen LogP contribution in [0.4, 0.5) is 10.1 Å². The molecule has 0 aliphatic rings. The fraction of sp³-hybridized carbons (Fsp3) is 0.231. The molecule has 21 heavy (non-hydrogen) atoms. The number of anilines is 1. The van der Waals surface area contributed by atoms with Crippen LogP contribution in [0.2, 0.25) is 0 Å². The smallest absolute Gasteiger partial charge is 0.271 e. The SMILES string of the molecule is CCNCc1ccc(S(=O)(=O)Nc2c(F)cccc2Br)s1. The van der Waals surface area contributed by atoms with Crippen molar-refractivity contribution in [3.05, 3.63) is 45.5 Å². The van der Waals surface area contributed by atoms with E-state index in [9.17, 15) is 12.8 Å². The van der Waals surface area contributed by atoms with Gasteiger partial charge in [-0.2, -0.15) is 0 Å². The maximum Gasteiger partial charge on any atom is 0.271 e. The van der Waals surface area contributed by atoms with Crippen LogP contribution in [0.1, 0.15) is 11.8 Å². The third kappa shape index (κ3) is 4.03. The van der Waals surface area contributed by atoms with Gasteiger partial charge in [0.2, 0.25) is 0 Å². The molecule has 2 aromatic rings. The van der Waals surface area contributed by atoms with Gasteiger partial charge in [0.15, 0.2) is 0 Å². The van der Waals surface area contributed by atoms with Crippen molar-refractivity contribution in [2.75, 3.05) is 11.3 Å². The van der Waals surface area contributed by atoms with Gasteiger partial charge in [0.25, 0.3) is 10.0 Å². The molecule has 0 amide bonds. The molecule has 1 aromatic heterocycles. The maximum absolute atomic E-state index is 13.7. The Kier molecular flexibility index (Phi) is 5.37. The maximum atomic E-state index is 13.7. The van der Waals surface area contributed by atoms with Crippen molar-refractivity contribution in [3.63, 3.8) is 0 Å². The Hall–Kier alpha value is -0.960. The van der Waals surface area contributed by atoms with Gasteiger partial charge in [-0.05, 0) is 46.7 Å². The number of rotatable bonds is 6. The van der Waals surface area contributed by atoms with E-state index in [1.165, 1.54) is 18.2 Å². The number of hydrogen-bond acceptors (Lipinski definition) is 4. The second-order valence-corrected chi connectivity index (χ2v) is 8.14. The number of thiophene rings is 1. The zero-order valence-electron chi connectivity index (χ0n) is 11.2. The van der Waals surface area contributed by atoms with Gasteiger partial charge < -0.3 is 5.32 Å². The molecule has 0 aliphatic heterocycles. The van der Waals surface area contributed by atoms with Crippen molar-refractivity contribution in [1.82, 2.24) is 5.32 Å². The standard InChI is InChI=1S/C13H14BrFN2O2S2/c1-2-16-8-9-6-7-12(20-9)21(18,19)17-13-10(14)4-3-5-11(13)15/h3-7,16-17H,2,8H2,1H3. The van der Waals surface area contributed by atoms with Gasteiger partial charge in [0, 0.05) is 15.9 Å². The second kappa shape index (κ2) is 6.87. The number of para-hydroxylation sites is 1. The molecule has 0 bridgehead atoms. The van der Waals surface area contributed by atoms with E-state index < -0.39 is 15.8 Å². The van der Waals surface area contributed by atoms with Gasteiger partial charge in [0.1, 0.15) is 10.0 Å². The Balaban J connectivity index is 2.24. The molecule has 114 valence electrons. The quantitative estimate of drug-likeness (QED) is 0.789. The Morgan fingerprint density at radius 3 is 2.71 bits per heavy atom. The topological polar surface area (TPSA) is 58.2 Å². The fourth-order valence-electron chi connectivity index (χ4n) is 1.63. The number of sulfonamides is 1. The molecule has 8 heteroatoms. The van der Waals surface area contributed by atoms with E-state index in [4.69, 9.17) is 0 Å². The number of benzene rings is 1. The van der Waals surface area contributed by atoms with E-state index in [1.807, 2.05) is 6.92 Å². The lowest BCUT2D eigenvalue weighted by Gasteiger charge is -2.09. The minimum Gasteiger partial charge on any atom is -0.312 e. The van der Waals surface area contributed by atoms with E-state index in [0.29, 0.717) is 11.0 Å². The van der Waals surface area contributed by atoms with Crippen LogP contribution in [0, 0.1) is 5.82 Å². The van der Waals surface area contributed by atoms with E-state index in [-0.39, 0.29) is 9.90 Å². The van der Waals surface area contributed by atoms with Crippen molar-refractivity contribution in [3.8, 4) is 0 Å². The van der Waals surface area contributed by atoms with Crippen LogP contribution in [0.25, 0.3) is 0 Å². The molecule has 0 fully saturated rings. The van der Waals surface area contributed by atoms with Gasteiger partial charge in [-0.15, -0.1) is 11.3 Å². The van der Waals surface area contributed by atoms with E-state index in [2.05, 4.69) is 26.0 Å². The summed E-state index contributed by atoms with van der Waals surface area (Å²) >= 11 is 4.30. The lowest BCUT2D eigenvalue weighted by Crippen LogP contribution is -2.13. The molecule has 0 unspecified atom stereocenters. The Bertz CT molecular complexity index is 711. The summed E-state index contributed by atoms with van der Waals surface area (Å²) in [4.78, 5) is 0.907. The average molecular weight is 393 g/mol. The predicted molar refractivity (Wildman–Crippen MR) is 86.6 cm³/mol. The summed E-state index contributed by atoms with van der Waals surface area (Å²) < 4.78 is 41.1. The third-order valence-corrected chi connectivity index (χ3v) is 6.24. The molecule has 0 spiro atoms. The van der Waals surface area contributed by atoms with E-state index in [1.54, 1.807) is 12.1 Å². The van der Waals surface area contributed by atoms with Crippen LogP contribution in [0.15, 0.2) is 39.0 Å². The van der Waals surface area contributed by atoms with Crippen LogP contribution in [-0.2, 0) is 16.6 Å². The highest BCUT2D eigenvalue weighted by Gasteiger charge is 2.20. The minimum atomic E-state index is -3.79. The zero-order valence-corrected chi connectivity index (χ0v) is 14.4. The van der Waals surface area contributed by atoms with Crippen molar-refractivity contribution < 1.29 is 12.8 Å². The Morgan fingerprint density at radius 1 is 1.29 bits per heavy atom. The minimum absolute atomic E-state index is 0.0841. The van der Waals surface area contributed by atoms with Crippen molar-refractivity contribution in [2.45, 2.75) is 17.7 Å². The largest absolute Gasteiger partial charge is 0.312 e. The molecule has 0 saturated heterocycles. The molecule has 2 N–H and O–H groups in total. The first kappa shape index (κ1) is 16.4. The van der Waals surface area contributed by atoms with Crippen molar-refractivity contribution >= 4 is 43.0 Å². The molecule has 4 nitrogen and oxygen atoms in total. The van der Waals surface area contributed by atoms with Crippen LogP contribution in [-0.4, -0.2) is 15.0 Å². The number of nitrogens with one attached hydrogen (secondary N) is 2. The Morgan fingerprint density at radius 2 is 2.05 bits per heavy atom. The molecule has 0 atom stereocenters. The zero-order chi connectivity index (χ0) is 15.5. The first-order chi connectivity index (χ1) is 9.94. The molecule has 1 aromatic carbocycles. The van der Waals surface area contributed by atoms with Crippen molar-refractivity contribution in [1.29, 1.82) is 0 Å². The van der Waals surface area contributed by atoms with Gasteiger partial charge in [0.05, 0.1) is 5.69 Å². The predicted octanol–water partition coefficient (Wildman–Crippen LogP) is 3.56. The highest BCUT2D eigenvalue weighted by molar-refractivity contribution is 9.10. The molecular formula is C13H14BrFN2O2S2. The van der Waals surface area contributed by atoms with Crippen LogP contribution < -0.4 is 10.0 Å². The highest BCUT2D eigenvalue weighted by atomic mass is 79.9. The number of halogens is 2. The first-order valence-corrected chi connectivity index (χ1v) is 9.29. The summed E-state index contributed by atoms with van der Waals surface area (Å²) in [6.45, 7) is 3.39. The summed E-state index contributed by atoms with van der Waals surface area (Å²) in [5, 5.41) is 3.12. The molecule has 0 aliphatic carbocycles. The van der Waals surface area contributed by atoms with Crippen molar-refractivity contribution in [2.24, 2.45) is 0 Å². The lowest BCUT2D eigenvalue weighted by molar-refractivity contribution is 0.600. The van der Waals surface area contributed by atoms with E-state index in [0.717, 1.165) is 22.8 Å². The summed E-state index contributed by atoms with van der Waals surface area (Å²) in [5.41, 5.74) is -0.0841. The molecule has 1 heterocycles. The van der Waals surface area contributed by atoms with Gasteiger partial charge in [-0.1, -0.05) is 13.0 Å². The average Bonchev–Trinajstić information content (AvgIpc) is 2.90. The van der Waals surface area contributed by atoms with Crippen LogP contribution in [0.3, 0.4) is 0 Å². The van der Waals surface area contributed by atoms with Gasteiger partial charge in [-0.25, -0.2) is 12.8 Å². The molecular weight excluding hydrogens is 379 g/mol. The highest BCUT2D eigenvalue weighted by Crippen LogP contribution is 2.29. The normalized spacial score (nSPS) is 11.6. The summed E-state index contributed by atoms with van der Waals surface area (Å²) in [6, 6.07) is 7.54. The second-order valence-electron chi connectivity index (χ2n) is 4.20. The fourth-order valence-corrected chi connectivity index (χ4v) is 4.61. The van der Waals surface area contributed by atoms with Crippen LogP contribution >= 0.6 is 27.3 Å². The lowest BCUT2D eigenvalue weighted by atomic mass is 10.3. The number of hydrogen-bond donors (Lipinski definition) is 2.